The zero-order valence-corrected chi connectivity index (χ0v) is 17.0. The summed E-state index contributed by atoms with van der Waals surface area (Å²) < 4.78 is 11.3. The van der Waals surface area contributed by atoms with Crippen molar-refractivity contribution in [2.75, 3.05) is 0 Å². The van der Waals surface area contributed by atoms with Crippen molar-refractivity contribution in [2.24, 2.45) is 0 Å². The van der Waals surface area contributed by atoms with Crippen LogP contribution in [-0.4, -0.2) is 49.1 Å². The summed E-state index contributed by atoms with van der Waals surface area (Å²) in [6, 6.07) is 2.16. The van der Waals surface area contributed by atoms with E-state index in [0.717, 1.165) is 0 Å². The summed E-state index contributed by atoms with van der Waals surface area (Å²) in [5.74, 6) is 0. The summed E-state index contributed by atoms with van der Waals surface area (Å²) in [4.78, 5) is 14.0. The molecule has 1 amide bonds. The SMILES string of the molecule is CC(C)N(C(=O)O[C@@H](C#N)[C@@H]1O[C@H]1[Si](C)(C)C(C)(C)C)C(C)C. The third-order valence-electron chi connectivity index (χ3n) is 5.15. The van der Waals surface area contributed by atoms with Crippen molar-refractivity contribution >= 4 is 14.2 Å². The molecule has 5 nitrogen and oxygen atoms in total. The lowest BCUT2D eigenvalue weighted by Crippen LogP contribution is -2.47. The maximum absolute atomic E-state index is 12.4. The molecule has 0 spiro atoms. The Morgan fingerprint density at radius 2 is 1.70 bits per heavy atom. The number of rotatable bonds is 5. The molecule has 1 heterocycles. The van der Waals surface area contributed by atoms with Gasteiger partial charge in [-0.15, -0.1) is 0 Å². The average Bonchev–Trinajstić information content (AvgIpc) is 3.13. The molecule has 6 heteroatoms. The van der Waals surface area contributed by atoms with Crippen LogP contribution in [0.1, 0.15) is 48.5 Å². The summed E-state index contributed by atoms with van der Waals surface area (Å²) in [5.41, 5.74) is 0.0616. The molecule has 0 N–H and O–H groups in total. The van der Waals surface area contributed by atoms with Gasteiger partial charge in [0.15, 0.2) is 0 Å². The summed E-state index contributed by atoms with van der Waals surface area (Å²) in [6.07, 6.45) is -1.56. The Labute approximate surface area is 141 Å². The number of ether oxygens (including phenoxy) is 2. The van der Waals surface area contributed by atoms with Crippen LogP contribution in [-0.2, 0) is 9.47 Å². The molecule has 3 atom stereocenters. The first-order chi connectivity index (χ1) is 10.3. The van der Waals surface area contributed by atoms with E-state index < -0.39 is 20.3 Å². The Bertz CT molecular complexity index is 469. The van der Waals surface area contributed by atoms with Crippen molar-refractivity contribution in [2.45, 2.75) is 96.6 Å². The summed E-state index contributed by atoms with van der Waals surface area (Å²) in [5, 5.41) is 9.59. The van der Waals surface area contributed by atoms with Crippen LogP contribution in [0, 0.1) is 11.3 Å². The van der Waals surface area contributed by atoms with Crippen LogP contribution in [0.15, 0.2) is 0 Å². The van der Waals surface area contributed by atoms with Crippen LogP contribution in [0.25, 0.3) is 0 Å². The standard InChI is InChI=1S/C17H32N2O3Si/c1-11(2)19(12(3)4)16(20)21-13(10-18)14-15(22-14)23(8,9)17(5,6)7/h11-15H,1-9H3/t13-,14-,15-/m0/s1. The Morgan fingerprint density at radius 1 is 1.22 bits per heavy atom. The second kappa shape index (κ2) is 6.82. The molecule has 23 heavy (non-hydrogen) atoms. The number of hydrogen-bond donors (Lipinski definition) is 0. The first-order valence-corrected chi connectivity index (χ1v) is 11.5. The van der Waals surface area contributed by atoms with Gasteiger partial charge in [0.1, 0.15) is 12.2 Å². The molecule has 0 radical (unpaired) electrons. The first kappa shape index (κ1) is 20.0. The van der Waals surface area contributed by atoms with Gasteiger partial charge < -0.3 is 14.4 Å². The zero-order chi connectivity index (χ0) is 18.2. The second-order valence-corrected chi connectivity index (χ2v) is 14.0. The van der Waals surface area contributed by atoms with E-state index in [4.69, 9.17) is 9.47 Å². The minimum absolute atomic E-state index is 0.0261. The summed E-state index contributed by atoms with van der Waals surface area (Å²) >= 11 is 0. The third kappa shape index (κ3) is 4.27. The normalized spacial score (nSPS) is 22.7. The van der Waals surface area contributed by atoms with E-state index in [0.29, 0.717) is 0 Å². The number of carbonyl (C=O) groups excluding carboxylic acids is 1. The third-order valence-corrected chi connectivity index (χ3v) is 10.9. The fourth-order valence-electron chi connectivity index (χ4n) is 2.72. The van der Waals surface area contributed by atoms with Gasteiger partial charge in [-0.2, -0.15) is 5.26 Å². The predicted octanol–water partition coefficient (Wildman–Crippen LogP) is 3.95. The molecular weight excluding hydrogens is 308 g/mol. The van der Waals surface area contributed by atoms with Crippen LogP contribution in [0.3, 0.4) is 0 Å². The van der Waals surface area contributed by atoms with E-state index in [-0.39, 0.29) is 29.0 Å². The van der Waals surface area contributed by atoms with Crippen molar-refractivity contribution < 1.29 is 14.3 Å². The molecule has 0 aromatic heterocycles. The maximum atomic E-state index is 12.4. The van der Waals surface area contributed by atoms with Gasteiger partial charge in [0.25, 0.3) is 0 Å². The van der Waals surface area contributed by atoms with Gasteiger partial charge in [0.2, 0.25) is 6.10 Å². The molecule has 1 fully saturated rings. The highest BCUT2D eigenvalue weighted by atomic mass is 28.3. The van der Waals surface area contributed by atoms with E-state index in [2.05, 4.69) is 39.9 Å². The van der Waals surface area contributed by atoms with E-state index in [1.807, 2.05) is 27.7 Å². The fraction of sp³-hybridized carbons (Fsp3) is 0.882. The van der Waals surface area contributed by atoms with Gasteiger partial charge in [-0.05, 0) is 32.7 Å². The fourth-order valence-corrected chi connectivity index (χ4v) is 5.06. The smallest absolute Gasteiger partial charge is 0.411 e. The first-order valence-electron chi connectivity index (χ1n) is 8.38. The molecule has 1 saturated heterocycles. The van der Waals surface area contributed by atoms with Crippen LogP contribution in [0.4, 0.5) is 4.79 Å². The Kier molecular flexibility index (Phi) is 5.92. The monoisotopic (exact) mass is 340 g/mol. The zero-order valence-electron chi connectivity index (χ0n) is 16.0. The van der Waals surface area contributed by atoms with Crippen LogP contribution in [0.5, 0.6) is 0 Å². The lowest BCUT2D eigenvalue weighted by molar-refractivity contribution is 0.0534. The van der Waals surface area contributed by atoms with E-state index in [9.17, 15) is 10.1 Å². The molecule has 0 unspecified atom stereocenters. The van der Waals surface area contributed by atoms with Crippen LogP contribution < -0.4 is 0 Å². The average molecular weight is 341 g/mol. The van der Waals surface area contributed by atoms with Crippen molar-refractivity contribution in [1.29, 1.82) is 5.26 Å². The Morgan fingerprint density at radius 3 is 2.04 bits per heavy atom. The molecule has 0 aromatic carbocycles. The topological polar surface area (TPSA) is 65.9 Å². The highest BCUT2D eigenvalue weighted by molar-refractivity contribution is 6.82. The van der Waals surface area contributed by atoms with Gasteiger partial charge in [-0.25, -0.2) is 4.79 Å². The molecule has 132 valence electrons. The van der Waals surface area contributed by atoms with Gasteiger partial charge in [-0.3, -0.25) is 0 Å². The van der Waals surface area contributed by atoms with Gasteiger partial charge in [0.05, 0.1) is 13.8 Å². The minimum atomic E-state index is -1.71. The molecule has 0 bridgehead atoms. The second-order valence-electron chi connectivity index (χ2n) is 8.52. The predicted molar refractivity (Wildman–Crippen MR) is 93.9 cm³/mol. The van der Waals surface area contributed by atoms with Crippen molar-refractivity contribution in [3.05, 3.63) is 0 Å². The molecule has 0 saturated carbocycles. The van der Waals surface area contributed by atoms with E-state index in [1.165, 1.54) is 0 Å². The lowest BCUT2D eigenvalue weighted by atomic mass is 10.2. The van der Waals surface area contributed by atoms with E-state index >= 15 is 0 Å². The molecule has 0 aliphatic carbocycles. The van der Waals surface area contributed by atoms with Crippen LogP contribution >= 0.6 is 0 Å². The number of nitriles is 1. The van der Waals surface area contributed by atoms with Crippen molar-refractivity contribution in [1.82, 2.24) is 4.90 Å². The lowest BCUT2D eigenvalue weighted by Gasteiger charge is -2.35. The number of amides is 1. The molecule has 0 aromatic rings. The number of hydrogen-bond acceptors (Lipinski definition) is 4. The minimum Gasteiger partial charge on any atom is -0.428 e. The van der Waals surface area contributed by atoms with Crippen LogP contribution in [0.2, 0.25) is 18.1 Å². The highest BCUT2D eigenvalue weighted by Crippen LogP contribution is 2.47. The Hall–Kier alpha value is -1.06. The highest BCUT2D eigenvalue weighted by Gasteiger charge is 2.59. The number of epoxide rings is 1. The summed E-state index contributed by atoms with van der Waals surface area (Å²) in [6.45, 7) is 18.9. The molecule has 1 aliphatic rings. The largest absolute Gasteiger partial charge is 0.428 e. The van der Waals surface area contributed by atoms with Crippen molar-refractivity contribution in [3.8, 4) is 6.07 Å². The maximum Gasteiger partial charge on any atom is 0.411 e. The van der Waals surface area contributed by atoms with Gasteiger partial charge in [0, 0.05) is 12.1 Å². The van der Waals surface area contributed by atoms with Crippen molar-refractivity contribution in [3.63, 3.8) is 0 Å². The Balaban J connectivity index is 2.78. The van der Waals surface area contributed by atoms with Gasteiger partial charge >= 0.3 is 6.09 Å². The molecular formula is C17H32N2O3Si. The quantitative estimate of drug-likeness (QED) is 0.561. The number of carbonyl (C=O) groups is 1. The molecule has 1 aliphatic heterocycles. The molecule has 1 rings (SSSR count). The summed E-state index contributed by atoms with van der Waals surface area (Å²) in [7, 11) is -1.71. The number of nitrogens with zero attached hydrogens (tertiary/aromatic N) is 2. The van der Waals surface area contributed by atoms with Gasteiger partial charge in [-0.1, -0.05) is 33.9 Å². The van der Waals surface area contributed by atoms with E-state index in [1.54, 1.807) is 4.90 Å².